The van der Waals surface area contributed by atoms with Crippen molar-refractivity contribution < 1.29 is 4.39 Å². The summed E-state index contributed by atoms with van der Waals surface area (Å²) in [7, 11) is 0. The van der Waals surface area contributed by atoms with Crippen LogP contribution in [0.2, 0.25) is 0 Å². The summed E-state index contributed by atoms with van der Waals surface area (Å²) in [5.41, 5.74) is 4.81. The molecule has 6 heteroatoms. The van der Waals surface area contributed by atoms with E-state index in [-0.39, 0.29) is 17.0 Å². The molecule has 0 aliphatic heterocycles. The standard InChI is InChI=1S/C6H5FN4O/c7-2-1-9-4-3(2)5(12)11-6(8)10-4/h1H,(H4,8,9,10,11,12). The van der Waals surface area contributed by atoms with Gasteiger partial charge in [-0.15, -0.1) is 0 Å². The lowest BCUT2D eigenvalue weighted by molar-refractivity contribution is 0.638. The fourth-order valence-electron chi connectivity index (χ4n) is 1.02. The second-order valence-corrected chi connectivity index (χ2v) is 2.31. The summed E-state index contributed by atoms with van der Waals surface area (Å²) in [6.07, 6.45) is 1.06. The second-order valence-electron chi connectivity index (χ2n) is 2.31. The lowest BCUT2D eigenvalue weighted by Crippen LogP contribution is -2.11. The van der Waals surface area contributed by atoms with Crippen molar-refractivity contribution in [3.63, 3.8) is 0 Å². The summed E-state index contributed by atoms with van der Waals surface area (Å²) in [6.45, 7) is 0. The van der Waals surface area contributed by atoms with E-state index in [1.54, 1.807) is 0 Å². The van der Waals surface area contributed by atoms with Crippen molar-refractivity contribution in [2.75, 3.05) is 5.73 Å². The van der Waals surface area contributed by atoms with E-state index in [4.69, 9.17) is 5.73 Å². The van der Waals surface area contributed by atoms with Crippen LogP contribution in [0.3, 0.4) is 0 Å². The van der Waals surface area contributed by atoms with Crippen molar-refractivity contribution in [1.29, 1.82) is 0 Å². The molecular weight excluding hydrogens is 163 g/mol. The number of hydrogen-bond donors (Lipinski definition) is 3. The van der Waals surface area contributed by atoms with E-state index in [1.165, 1.54) is 0 Å². The summed E-state index contributed by atoms with van der Waals surface area (Å²) in [5.74, 6) is -0.659. The lowest BCUT2D eigenvalue weighted by Gasteiger charge is -1.90. The Bertz CT molecular complexity index is 486. The van der Waals surface area contributed by atoms with Gasteiger partial charge in [0.2, 0.25) is 5.95 Å². The van der Waals surface area contributed by atoms with Crippen molar-refractivity contribution in [1.82, 2.24) is 15.0 Å². The predicted molar refractivity (Wildman–Crippen MR) is 41.1 cm³/mol. The number of hydrogen-bond acceptors (Lipinski definition) is 3. The van der Waals surface area contributed by atoms with E-state index in [0.717, 1.165) is 6.20 Å². The van der Waals surface area contributed by atoms with Crippen LogP contribution in [0.4, 0.5) is 10.3 Å². The van der Waals surface area contributed by atoms with Crippen molar-refractivity contribution in [2.24, 2.45) is 0 Å². The first-order valence-corrected chi connectivity index (χ1v) is 3.21. The Kier molecular flexibility index (Phi) is 1.18. The number of fused-ring (bicyclic) bond motifs is 1. The van der Waals surface area contributed by atoms with Crippen LogP contribution in [0.5, 0.6) is 0 Å². The molecule has 2 heterocycles. The van der Waals surface area contributed by atoms with Crippen LogP contribution in [-0.4, -0.2) is 15.0 Å². The maximum atomic E-state index is 12.8. The zero-order chi connectivity index (χ0) is 8.72. The molecule has 0 aromatic carbocycles. The van der Waals surface area contributed by atoms with Crippen LogP contribution in [-0.2, 0) is 0 Å². The largest absolute Gasteiger partial charge is 0.369 e. The third kappa shape index (κ3) is 0.777. The van der Waals surface area contributed by atoms with Crippen LogP contribution in [0.15, 0.2) is 11.0 Å². The molecule has 12 heavy (non-hydrogen) atoms. The van der Waals surface area contributed by atoms with Crippen LogP contribution >= 0.6 is 0 Å². The Morgan fingerprint density at radius 1 is 1.58 bits per heavy atom. The van der Waals surface area contributed by atoms with Crippen LogP contribution in [0, 0.1) is 5.82 Å². The molecule has 0 aliphatic carbocycles. The van der Waals surface area contributed by atoms with E-state index >= 15 is 0 Å². The van der Waals surface area contributed by atoms with E-state index in [9.17, 15) is 9.18 Å². The average Bonchev–Trinajstić information content (AvgIpc) is 2.31. The monoisotopic (exact) mass is 168 g/mol. The zero-order valence-corrected chi connectivity index (χ0v) is 5.89. The molecule has 0 saturated heterocycles. The molecule has 2 aromatic heterocycles. The SMILES string of the molecule is Nc1nc2[nH]cc(F)c2c(=O)[nH]1. The van der Waals surface area contributed by atoms with Gasteiger partial charge in [-0.3, -0.25) is 9.78 Å². The van der Waals surface area contributed by atoms with Crippen molar-refractivity contribution in [2.45, 2.75) is 0 Å². The number of H-pyrrole nitrogens is 2. The van der Waals surface area contributed by atoms with Gasteiger partial charge < -0.3 is 10.7 Å². The van der Waals surface area contributed by atoms with Crippen LogP contribution in [0.25, 0.3) is 11.0 Å². The number of aromatic amines is 2. The highest BCUT2D eigenvalue weighted by atomic mass is 19.1. The number of nitrogens with zero attached hydrogens (tertiary/aromatic N) is 1. The van der Waals surface area contributed by atoms with Gasteiger partial charge in [-0.25, -0.2) is 4.39 Å². The first-order chi connectivity index (χ1) is 5.68. The zero-order valence-electron chi connectivity index (χ0n) is 5.89. The quantitative estimate of drug-likeness (QED) is 0.516. The van der Waals surface area contributed by atoms with E-state index in [2.05, 4.69) is 15.0 Å². The number of aromatic nitrogens is 3. The molecule has 0 fully saturated rings. The molecule has 2 aromatic rings. The summed E-state index contributed by atoms with van der Waals surface area (Å²) in [6, 6.07) is 0. The van der Waals surface area contributed by atoms with E-state index in [0.29, 0.717) is 0 Å². The third-order valence-corrected chi connectivity index (χ3v) is 1.51. The summed E-state index contributed by atoms with van der Waals surface area (Å²) in [4.78, 5) is 19.4. The highest BCUT2D eigenvalue weighted by molar-refractivity contribution is 5.75. The first-order valence-electron chi connectivity index (χ1n) is 3.21. The molecule has 0 bridgehead atoms. The van der Waals surface area contributed by atoms with Crippen LogP contribution in [0.1, 0.15) is 0 Å². The van der Waals surface area contributed by atoms with Crippen molar-refractivity contribution in [3.8, 4) is 0 Å². The van der Waals surface area contributed by atoms with Gasteiger partial charge in [0.15, 0.2) is 5.82 Å². The number of halogens is 1. The van der Waals surface area contributed by atoms with Crippen molar-refractivity contribution in [3.05, 3.63) is 22.4 Å². The minimum absolute atomic E-state index is 0.0330. The molecule has 0 aliphatic rings. The molecule has 0 radical (unpaired) electrons. The summed E-state index contributed by atoms with van der Waals surface area (Å²) < 4.78 is 12.8. The maximum Gasteiger partial charge on any atom is 0.264 e. The average molecular weight is 168 g/mol. The van der Waals surface area contributed by atoms with Gasteiger partial charge in [0.05, 0.1) is 0 Å². The smallest absolute Gasteiger partial charge is 0.264 e. The molecule has 0 atom stereocenters. The lowest BCUT2D eigenvalue weighted by atomic mass is 10.4. The molecule has 5 nitrogen and oxygen atoms in total. The fourth-order valence-corrected chi connectivity index (χ4v) is 1.02. The topological polar surface area (TPSA) is 87.6 Å². The molecular formula is C6H5FN4O. The van der Waals surface area contributed by atoms with Gasteiger partial charge in [0, 0.05) is 6.20 Å². The number of nitrogen functional groups attached to an aromatic ring is 1. The second kappa shape index (κ2) is 2.07. The molecule has 0 spiro atoms. The van der Waals surface area contributed by atoms with E-state index < -0.39 is 11.4 Å². The molecule has 2 rings (SSSR count). The van der Waals surface area contributed by atoms with E-state index in [1.807, 2.05) is 0 Å². The predicted octanol–water partition coefficient (Wildman–Crippen LogP) is -0.0275. The van der Waals surface area contributed by atoms with Gasteiger partial charge in [-0.1, -0.05) is 0 Å². The minimum Gasteiger partial charge on any atom is -0.369 e. The first kappa shape index (κ1) is 6.84. The third-order valence-electron chi connectivity index (χ3n) is 1.51. The normalized spacial score (nSPS) is 10.8. The Morgan fingerprint density at radius 3 is 3.08 bits per heavy atom. The maximum absolute atomic E-state index is 12.8. The Morgan fingerprint density at radius 2 is 2.33 bits per heavy atom. The molecule has 0 unspecified atom stereocenters. The van der Waals surface area contributed by atoms with Gasteiger partial charge >= 0.3 is 0 Å². The van der Waals surface area contributed by atoms with Gasteiger partial charge in [-0.2, -0.15) is 4.98 Å². The molecule has 0 saturated carbocycles. The number of nitrogens with one attached hydrogen (secondary N) is 2. The Hall–Kier alpha value is -1.85. The number of rotatable bonds is 0. The summed E-state index contributed by atoms with van der Waals surface area (Å²) >= 11 is 0. The highest BCUT2D eigenvalue weighted by Crippen LogP contribution is 2.09. The Balaban J connectivity index is 3.03. The molecule has 4 N–H and O–H groups in total. The number of nitrogens with two attached hydrogens (primary N) is 1. The van der Waals surface area contributed by atoms with Gasteiger partial charge in [0.1, 0.15) is 11.0 Å². The van der Waals surface area contributed by atoms with Gasteiger partial charge in [0.25, 0.3) is 5.56 Å². The molecule has 0 amide bonds. The summed E-state index contributed by atoms with van der Waals surface area (Å²) in [5, 5.41) is -0.0933. The van der Waals surface area contributed by atoms with Crippen molar-refractivity contribution >= 4 is 17.0 Å². The minimum atomic E-state index is -0.626. The van der Waals surface area contributed by atoms with Crippen LogP contribution < -0.4 is 11.3 Å². The Labute approximate surface area is 65.4 Å². The number of anilines is 1. The highest BCUT2D eigenvalue weighted by Gasteiger charge is 2.08. The fraction of sp³-hybridized carbons (Fsp3) is 0. The van der Waals surface area contributed by atoms with Gasteiger partial charge in [-0.05, 0) is 0 Å². The molecule has 62 valence electrons.